The maximum Gasteiger partial charge on any atom is 0.190 e. The van der Waals surface area contributed by atoms with E-state index in [0.29, 0.717) is 5.92 Å². The number of hydrogen-bond donors (Lipinski definition) is 0. The van der Waals surface area contributed by atoms with E-state index in [1.807, 2.05) is 0 Å². The molecular formula is C17H24F2O. The molecule has 1 aromatic carbocycles. The van der Waals surface area contributed by atoms with Crippen LogP contribution in [0.4, 0.5) is 8.78 Å². The first-order valence-corrected chi connectivity index (χ1v) is 7.77. The predicted molar refractivity (Wildman–Crippen MR) is 77.1 cm³/mol. The molecule has 1 fully saturated rings. The van der Waals surface area contributed by atoms with E-state index in [9.17, 15) is 8.78 Å². The minimum Gasteiger partial charge on any atom is -0.488 e. The van der Waals surface area contributed by atoms with Crippen LogP contribution in [-0.2, 0) is 0 Å². The van der Waals surface area contributed by atoms with Gasteiger partial charge in [0.1, 0.15) is 0 Å². The average Bonchev–Trinajstić information content (AvgIpc) is 2.44. The molecule has 0 amide bonds. The first kappa shape index (κ1) is 15.3. The number of rotatable bonds is 5. The molecule has 1 saturated carbocycles. The molecule has 1 aliphatic rings. The molecule has 2 rings (SSSR count). The van der Waals surface area contributed by atoms with Gasteiger partial charge in [0.05, 0.1) is 6.61 Å². The van der Waals surface area contributed by atoms with E-state index in [-0.39, 0.29) is 12.4 Å². The zero-order chi connectivity index (χ0) is 14.5. The van der Waals surface area contributed by atoms with Crippen molar-refractivity contribution in [2.75, 3.05) is 6.61 Å². The molecule has 0 spiro atoms. The smallest absolute Gasteiger partial charge is 0.190 e. The maximum atomic E-state index is 13.9. The lowest BCUT2D eigenvalue weighted by Gasteiger charge is -2.28. The molecular weight excluding hydrogens is 258 g/mol. The van der Waals surface area contributed by atoms with Crippen molar-refractivity contribution in [2.45, 2.75) is 58.3 Å². The fraction of sp³-hybridized carbons (Fsp3) is 0.647. The first-order valence-electron chi connectivity index (χ1n) is 7.77. The standard InChI is InChI=1S/C17H24F2O/c1-3-5-12-6-8-13(9-7-12)14-10-15(18)17(20-4-2)16(19)11-14/h10-13H,3-9H2,1-2H3. The third kappa shape index (κ3) is 3.50. The van der Waals surface area contributed by atoms with Crippen LogP contribution < -0.4 is 4.74 Å². The minimum absolute atomic E-state index is 0.240. The topological polar surface area (TPSA) is 9.23 Å². The SMILES string of the molecule is CCCC1CCC(c2cc(F)c(OCC)c(F)c2)CC1. The molecule has 3 heteroatoms. The Hall–Kier alpha value is -1.12. The van der Waals surface area contributed by atoms with Gasteiger partial charge < -0.3 is 4.74 Å². The molecule has 1 aliphatic carbocycles. The Bertz CT molecular complexity index is 414. The van der Waals surface area contributed by atoms with Crippen LogP contribution in [0.1, 0.15) is 63.9 Å². The van der Waals surface area contributed by atoms with Crippen LogP contribution in [-0.4, -0.2) is 6.61 Å². The Morgan fingerprint density at radius 3 is 2.15 bits per heavy atom. The van der Waals surface area contributed by atoms with E-state index in [1.165, 1.54) is 37.8 Å². The Balaban J connectivity index is 2.07. The van der Waals surface area contributed by atoms with Gasteiger partial charge in [-0.15, -0.1) is 0 Å². The van der Waals surface area contributed by atoms with Crippen molar-refractivity contribution < 1.29 is 13.5 Å². The lowest BCUT2D eigenvalue weighted by Crippen LogP contribution is -2.14. The fourth-order valence-corrected chi connectivity index (χ4v) is 3.29. The summed E-state index contributed by atoms with van der Waals surface area (Å²) < 4.78 is 32.8. The quantitative estimate of drug-likeness (QED) is 0.699. The molecule has 112 valence electrons. The molecule has 0 bridgehead atoms. The highest BCUT2D eigenvalue weighted by atomic mass is 19.1. The summed E-state index contributed by atoms with van der Waals surface area (Å²) in [6.45, 7) is 4.21. The lowest BCUT2D eigenvalue weighted by molar-refractivity contribution is 0.296. The molecule has 1 nitrogen and oxygen atoms in total. The summed E-state index contributed by atoms with van der Waals surface area (Å²) >= 11 is 0. The number of hydrogen-bond acceptors (Lipinski definition) is 1. The first-order chi connectivity index (χ1) is 9.65. The van der Waals surface area contributed by atoms with Gasteiger partial charge in [-0.2, -0.15) is 0 Å². The Kier molecular flexibility index (Phi) is 5.38. The van der Waals surface area contributed by atoms with Gasteiger partial charge in [-0.25, -0.2) is 8.78 Å². The summed E-state index contributed by atoms with van der Waals surface area (Å²) in [5.41, 5.74) is 0.790. The number of halogens is 2. The van der Waals surface area contributed by atoms with Crippen LogP contribution in [0.3, 0.4) is 0 Å². The van der Waals surface area contributed by atoms with Crippen molar-refractivity contribution in [3.8, 4) is 5.75 Å². The Morgan fingerprint density at radius 2 is 1.65 bits per heavy atom. The van der Waals surface area contributed by atoms with Crippen LogP contribution in [0.15, 0.2) is 12.1 Å². The zero-order valence-electron chi connectivity index (χ0n) is 12.4. The number of ether oxygens (including phenoxy) is 1. The van der Waals surface area contributed by atoms with E-state index in [0.717, 1.165) is 24.3 Å². The molecule has 1 aromatic rings. The molecule has 0 unspecified atom stereocenters. The molecule has 0 aliphatic heterocycles. The van der Waals surface area contributed by atoms with Gasteiger partial charge in [0.2, 0.25) is 0 Å². The number of benzene rings is 1. The van der Waals surface area contributed by atoms with Gasteiger partial charge in [0.15, 0.2) is 17.4 Å². The summed E-state index contributed by atoms with van der Waals surface area (Å²) in [5, 5.41) is 0. The van der Waals surface area contributed by atoms with E-state index >= 15 is 0 Å². The fourth-order valence-electron chi connectivity index (χ4n) is 3.29. The van der Waals surface area contributed by atoms with Crippen LogP contribution >= 0.6 is 0 Å². The molecule has 0 aromatic heterocycles. The van der Waals surface area contributed by atoms with Gasteiger partial charge in [-0.05, 0) is 62.1 Å². The molecule has 0 heterocycles. The van der Waals surface area contributed by atoms with Crippen LogP contribution in [0.5, 0.6) is 5.75 Å². The van der Waals surface area contributed by atoms with Crippen molar-refractivity contribution >= 4 is 0 Å². The maximum absolute atomic E-state index is 13.9. The lowest BCUT2D eigenvalue weighted by atomic mass is 9.77. The largest absolute Gasteiger partial charge is 0.488 e. The van der Waals surface area contributed by atoms with Crippen molar-refractivity contribution in [2.24, 2.45) is 5.92 Å². The summed E-state index contributed by atoms with van der Waals surface area (Å²) in [6.07, 6.45) is 6.93. The van der Waals surface area contributed by atoms with E-state index in [4.69, 9.17) is 4.74 Å². The van der Waals surface area contributed by atoms with Crippen LogP contribution in [0.25, 0.3) is 0 Å². The van der Waals surface area contributed by atoms with Crippen LogP contribution in [0, 0.1) is 17.6 Å². The van der Waals surface area contributed by atoms with Crippen molar-refractivity contribution in [3.63, 3.8) is 0 Å². The Labute approximate surface area is 120 Å². The van der Waals surface area contributed by atoms with E-state index < -0.39 is 11.6 Å². The predicted octanol–water partition coefficient (Wildman–Crippen LogP) is 5.44. The molecule has 0 saturated heterocycles. The summed E-state index contributed by atoms with van der Waals surface area (Å²) in [7, 11) is 0. The third-order valence-electron chi connectivity index (χ3n) is 4.32. The van der Waals surface area contributed by atoms with Crippen molar-refractivity contribution in [3.05, 3.63) is 29.3 Å². The molecule has 0 atom stereocenters. The summed E-state index contributed by atoms with van der Waals surface area (Å²) in [5.74, 6) is -0.289. The second kappa shape index (κ2) is 7.05. The van der Waals surface area contributed by atoms with Gasteiger partial charge >= 0.3 is 0 Å². The van der Waals surface area contributed by atoms with Gasteiger partial charge in [0.25, 0.3) is 0 Å². The molecule has 20 heavy (non-hydrogen) atoms. The minimum atomic E-state index is -0.572. The second-order valence-electron chi connectivity index (χ2n) is 5.75. The van der Waals surface area contributed by atoms with Crippen molar-refractivity contribution in [1.29, 1.82) is 0 Å². The molecule has 0 N–H and O–H groups in total. The summed E-state index contributed by atoms with van der Waals surface area (Å²) in [6, 6.07) is 2.91. The normalized spacial score (nSPS) is 22.8. The van der Waals surface area contributed by atoms with Crippen LogP contribution in [0.2, 0.25) is 0 Å². The van der Waals surface area contributed by atoms with E-state index in [2.05, 4.69) is 6.92 Å². The zero-order valence-corrected chi connectivity index (χ0v) is 12.4. The summed E-state index contributed by atoms with van der Waals surface area (Å²) in [4.78, 5) is 0. The Morgan fingerprint density at radius 1 is 1.05 bits per heavy atom. The monoisotopic (exact) mass is 282 g/mol. The molecule has 0 radical (unpaired) electrons. The van der Waals surface area contributed by atoms with Gasteiger partial charge in [0, 0.05) is 0 Å². The van der Waals surface area contributed by atoms with E-state index in [1.54, 1.807) is 6.92 Å². The second-order valence-corrected chi connectivity index (χ2v) is 5.75. The highest BCUT2D eigenvalue weighted by Gasteiger charge is 2.24. The average molecular weight is 282 g/mol. The highest BCUT2D eigenvalue weighted by Crippen LogP contribution is 2.39. The van der Waals surface area contributed by atoms with Gasteiger partial charge in [-0.3, -0.25) is 0 Å². The highest BCUT2D eigenvalue weighted by molar-refractivity contribution is 5.33. The van der Waals surface area contributed by atoms with Gasteiger partial charge in [-0.1, -0.05) is 19.8 Å². The van der Waals surface area contributed by atoms with Crippen molar-refractivity contribution in [1.82, 2.24) is 0 Å². The third-order valence-corrected chi connectivity index (χ3v) is 4.32.